The average Bonchev–Trinajstić information content (AvgIpc) is 2.09. The topological polar surface area (TPSA) is 40.9 Å². The van der Waals surface area contributed by atoms with Gasteiger partial charge in [0.2, 0.25) is 0 Å². The van der Waals surface area contributed by atoms with Crippen molar-refractivity contribution in [2.24, 2.45) is 0 Å². The fourth-order valence-electron chi connectivity index (χ4n) is 1.40. The average molecular weight is 247 g/mol. The van der Waals surface area contributed by atoms with E-state index >= 15 is 0 Å². The lowest BCUT2D eigenvalue weighted by molar-refractivity contribution is 0.665. The normalized spacial score (nSPS) is 18.1. The van der Waals surface area contributed by atoms with Crippen molar-refractivity contribution in [3.8, 4) is 0 Å². The van der Waals surface area contributed by atoms with Crippen molar-refractivity contribution in [2.45, 2.75) is 56.5 Å². The lowest BCUT2D eigenvalue weighted by Crippen LogP contribution is -2.27. The first-order valence-electron chi connectivity index (χ1n) is 5.57. The highest BCUT2D eigenvalue weighted by molar-refractivity contribution is 7.74. The van der Waals surface area contributed by atoms with Crippen molar-refractivity contribution in [1.29, 1.82) is 4.78 Å². The number of hydrogen-bond acceptors (Lipinski definition) is 2. The molecule has 15 heavy (non-hydrogen) atoms. The molecule has 0 aliphatic carbocycles. The molecule has 0 spiro atoms. The van der Waals surface area contributed by atoms with E-state index in [1.54, 1.807) is 0 Å². The zero-order valence-electron chi connectivity index (χ0n) is 10.4. The molecule has 0 aromatic carbocycles. The monoisotopic (exact) mass is 247 g/mol. The standard InChI is InChI=1S/C11H25NOSSi/c1-6-7-8-10(14(12)13)9-15(5)11(2,3)4/h6,10,12,14-15H,1,7-9H2,2-5H3. The first kappa shape index (κ1) is 14.9. The quantitative estimate of drug-likeness (QED) is 0.422. The molecule has 0 rings (SSSR count). The van der Waals surface area contributed by atoms with Crippen molar-refractivity contribution < 1.29 is 4.21 Å². The molecule has 0 saturated heterocycles. The summed E-state index contributed by atoms with van der Waals surface area (Å²) in [6.07, 6.45) is 3.61. The van der Waals surface area contributed by atoms with Gasteiger partial charge in [-0.15, -0.1) is 6.58 Å². The molecular weight excluding hydrogens is 222 g/mol. The Balaban J connectivity index is 4.35. The van der Waals surface area contributed by atoms with Crippen LogP contribution < -0.4 is 0 Å². The van der Waals surface area contributed by atoms with Crippen LogP contribution in [0.2, 0.25) is 17.6 Å². The molecule has 0 aliphatic rings. The molecule has 0 bridgehead atoms. The molecule has 1 N–H and O–H groups in total. The number of thiol groups is 1. The van der Waals surface area contributed by atoms with E-state index in [4.69, 9.17) is 4.78 Å². The molecule has 0 fully saturated rings. The number of nitrogens with one attached hydrogen (secondary N) is 1. The Morgan fingerprint density at radius 2 is 2.07 bits per heavy atom. The van der Waals surface area contributed by atoms with E-state index in [0.717, 1.165) is 18.9 Å². The third kappa shape index (κ3) is 6.15. The summed E-state index contributed by atoms with van der Waals surface area (Å²) < 4.78 is 18.7. The summed E-state index contributed by atoms with van der Waals surface area (Å²) in [7, 11) is -2.65. The van der Waals surface area contributed by atoms with Gasteiger partial charge in [-0.05, 0) is 23.9 Å². The summed E-state index contributed by atoms with van der Waals surface area (Å²) in [5, 5.41) is 0.469. The summed E-state index contributed by atoms with van der Waals surface area (Å²) in [4.78, 5) is 0. The summed E-state index contributed by atoms with van der Waals surface area (Å²) in [5.74, 6) is 0. The van der Waals surface area contributed by atoms with Crippen LogP contribution in [0.1, 0.15) is 33.6 Å². The fourth-order valence-corrected chi connectivity index (χ4v) is 5.26. The van der Waals surface area contributed by atoms with E-state index < -0.39 is 19.4 Å². The van der Waals surface area contributed by atoms with Gasteiger partial charge in [0.25, 0.3) is 0 Å². The van der Waals surface area contributed by atoms with Gasteiger partial charge >= 0.3 is 0 Å². The molecule has 0 heterocycles. The van der Waals surface area contributed by atoms with Gasteiger partial charge in [0.05, 0.1) is 0 Å². The van der Waals surface area contributed by atoms with Gasteiger partial charge in [-0.2, -0.15) is 0 Å². The summed E-state index contributed by atoms with van der Waals surface area (Å²) in [6, 6.07) is 1.02. The molecular formula is C11H25NOSSi. The SMILES string of the molecule is C=CCCC(C[SiH](C)C(C)(C)C)[SH](=N)=O. The highest BCUT2D eigenvalue weighted by Gasteiger charge is 2.25. The molecule has 0 aromatic rings. The molecule has 3 unspecified atom stereocenters. The Morgan fingerprint density at radius 1 is 1.53 bits per heavy atom. The highest BCUT2D eigenvalue weighted by atomic mass is 32.2. The Hall–Kier alpha value is -0.0931. The lowest BCUT2D eigenvalue weighted by atomic mass is 10.2. The Bertz CT molecular complexity index is 260. The molecule has 4 heteroatoms. The predicted molar refractivity (Wildman–Crippen MR) is 73.0 cm³/mol. The smallest absolute Gasteiger partial charge is 0.0404 e. The summed E-state index contributed by atoms with van der Waals surface area (Å²) in [6.45, 7) is 12.8. The van der Waals surface area contributed by atoms with E-state index in [2.05, 4.69) is 33.9 Å². The molecule has 0 aliphatic heterocycles. The van der Waals surface area contributed by atoms with Crippen molar-refractivity contribution >= 4 is 19.4 Å². The van der Waals surface area contributed by atoms with Gasteiger partial charge in [-0.3, -0.25) is 8.99 Å². The lowest BCUT2D eigenvalue weighted by Gasteiger charge is -2.28. The second-order valence-corrected chi connectivity index (χ2v) is 10.7. The number of rotatable bonds is 6. The molecule has 2 nitrogen and oxygen atoms in total. The maximum atomic E-state index is 11.3. The number of hydrogen-bond donors (Lipinski definition) is 2. The van der Waals surface area contributed by atoms with Crippen molar-refractivity contribution in [2.75, 3.05) is 0 Å². The van der Waals surface area contributed by atoms with Crippen molar-refractivity contribution in [1.82, 2.24) is 0 Å². The van der Waals surface area contributed by atoms with Crippen LogP contribution in [0.3, 0.4) is 0 Å². The van der Waals surface area contributed by atoms with Crippen LogP contribution in [0.5, 0.6) is 0 Å². The molecule has 0 aromatic heterocycles. The van der Waals surface area contributed by atoms with Gasteiger partial charge in [0.1, 0.15) is 0 Å². The van der Waals surface area contributed by atoms with Gasteiger partial charge in [0, 0.05) is 24.6 Å². The predicted octanol–water partition coefficient (Wildman–Crippen LogP) is 3.22. The first-order chi connectivity index (χ1) is 6.79. The third-order valence-electron chi connectivity index (χ3n) is 3.14. The van der Waals surface area contributed by atoms with Gasteiger partial charge < -0.3 is 0 Å². The minimum absolute atomic E-state index is 0.0962. The van der Waals surface area contributed by atoms with E-state index in [1.165, 1.54) is 0 Å². The van der Waals surface area contributed by atoms with Crippen LogP contribution >= 0.6 is 0 Å². The summed E-state index contributed by atoms with van der Waals surface area (Å²) in [5.41, 5.74) is 0. The largest absolute Gasteiger partial charge is 0.255 e. The molecule has 0 saturated carbocycles. The second kappa shape index (κ2) is 6.48. The van der Waals surface area contributed by atoms with Crippen molar-refractivity contribution in [3.63, 3.8) is 0 Å². The minimum atomic E-state index is -1.77. The Kier molecular flexibility index (Phi) is 6.44. The summed E-state index contributed by atoms with van der Waals surface area (Å²) >= 11 is 0. The Morgan fingerprint density at radius 3 is 2.40 bits per heavy atom. The van der Waals surface area contributed by atoms with E-state index in [1.807, 2.05) is 6.08 Å². The fraction of sp³-hybridized carbons (Fsp3) is 0.818. The van der Waals surface area contributed by atoms with Crippen LogP contribution in [0, 0.1) is 4.78 Å². The third-order valence-corrected chi connectivity index (χ3v) is 8.90. The van der Waals surface area contributed by atoms with Gasteiger partial charge in [-0.1, -0.05) is 33.4 Å². The second-order valence-electron chi connectivity index (χ2n) is 5.35. The molecule has 0 radical (unpaired) electrons. The molecule has 3 atom stereocenters. The van der Waals surface area contributed by atoms with Gasteiger partial charge in [-0.25, -0.2) is 0 Å². The zero-order valence-corrected chi connectivity index (χ0v) is 12.5. The maximum Gasteiger partial charge on any atom is 0.0404 e. The molecule has 0 amide bonds. The van der Waals surface area contributed by atoms with Crippen LogP contribution in [-0.2, 0) is 10.6 Å². The Labute approximate surface area is 97.8 Å². The zero-order chi connectivity index (χ0) is 12.1. The van der Waals surface area contributed by atoms with E-state index in [0.29, 0.717) is 5.04 Å². The van der Waals surface area contributed by atoms with Gasteiger partial charge in [0.15, 0.2) is 0 Å². The maximum absolute atomic E-state index is 11.3. The number of allylic oxidation sites excluding steroid dienone is 1. The van der Waals surface area contributed by atoms with Crippen molar-refractivity contribution in [3.05, 3.63) is 12.7 Å². The first-order valence-corrected chi connectivity index (χ1v) is 9.45. The van der Waals surface area contributed by atoms with E-state index in [-0.39, 0.29) is 5.25 Å². The van der Waals surface area contributed by atoms with Crippen LogP contribution in [0.4, 0.5) is 0 Å². The van der Waals surface area contributed by atoms with Crippen LogP contribution in [0.15, 0.2) is 12.7 Å². The van der Waals surface area contributed by atoms with E-state index in [9.17, 15) is 4.21 Å². The van der Waals surface area contributed by atoms with Crippen LogP contribution in [-0.4, -0.2) is 18.3 Å². The highest BCUT2D eigenvalue weighted by Crippen LogP contribution is 2.30. The molecule has 90 valence electrons. The van der Waals surface area contributed by atoms with Crippen LogP contribution in [0.25, 0.3) is 0 Å². The minimum Gasteiger partial charge on any atom is -0.255 e.